The first-order valence-corrected chi connectivity index (χ1v) is 7.90. The quantitative estimate of drug-likeness (QED) is 0.665. The standard InChI is InChI=1S/C14H18BrN3O2/c1-8(11-5-9-2-3-10(11)4-9)17-14-12(15)6-16-7-13(14)18(19)20/h6-11H,2-5H2,1H3,(H,16,17). The molecule has 6 heteroatoms. The van der Waals surface area contributed by atoms with Gasteiger partial charge in [-0.1, -0.05) is 6.42 Å². The molecule has 0 aromatic carbocycles. The molecule has 4 atom stereocenters. The summed E-state index contributed by atoms with van der Waals surface area (Å²) in [5.41, 5.74) is 0.592. The average molecular weight is 340 g/mol. The zero-order valence-corrected chi connectivity index (χ0v) is 13.0. The van der Waals surface area contributed by atoms with Gasteiger partial charge in [-0.3, -0.25) is 15.1 Å². The van der Waals surface area contributed by atoms with Gasteiger partial charge in [-0.05, 0) is 59.9 Å². The lowest BCUT2D eigenvalue weighted by molar-refractivity contribution is -0.384. The van der Waals surface area contributed by atoms with Gasteiger partial charge < -0.3 is 5.32 Å². The highest BCUT2D eigenvalue weighted by Gasteiger charge is 2.42. The van der Waals surface area contributed by atoms with Crippen LogP contribution in [0.25, 0.3) is 0 Å². The summed E-state index contributed by atoms with van der Waals surface area (Å²) in [5.74, 6) is 2.31. The van der Waals surface area contributed by atoms with Crippen molar-refractivity contribution in [3.8, 4) is 0 Å². The van der Waals surface area contributed by atoms with Gasteiger partial charge in [-0.25, -0.2) is 0 Å². The molecule has 2 saturated carbocycles. The van der Waals surface area contributed by atoms with Crippen molar-refractivity contribution in [3.63, 3.8) is 0 Å². The van der Waals surface area contributed by atoms with Crippen LogP contribution in [0.3, 0.4) is 0 Å². The summed E-state index contributed by atoms with van der Waals surface area (Å²) < 4.78 is 0.654. The summed E-state index contributed by atoms with van der Waals surface area (Å²) in [7, 11) is 0. The Kier molecular flexibility index (Phi) is 3.67. The molecular formula is C14H18BrN3O2. The Balaban J connectivity index is 1.79. The van der Waals surface area contributed by atoms with Crippen LogP contribution in [0.5, 0.6) is 0 Å². The van der Waals surface area contributed by atoms with Gasteiger partial charge in [0, 0.05) is 12.2 Å². The lowest BCUT2D eigenvalue weighted by atomic mass is 9.84. The Morgan fingerprint density at radius 3 is 2.85 bits per heavy atom. The van der Waals surface area contributed by atoms with E-state index in [9.17, 15) is 10.1 Å². The van der Waals surface area contributed by atoms with Crippen molar-refractivity contribution in [2.24, 2.45) is 17.8 Å². The number of nitro groups is 1. The van der Waals surface area contributed by atoms with E-state index in [0.717, 1.165) is 11.8 Å². The van der Waals surface area contributed by atoms with Crippen LogP contribution in [-0.2, 0) is 0 Å². The Morgan fingerprint density at radius 2 is 2.25 bits per heavy atom. The van der Waals surface area contributed by atoms with Crippen molar-refractivity contribution in [3.05, 3.63) is 27.0 Å². The fraction of sp³-hybridized carbons (Fsp3) is 0.643. The molecule has 0 radical (unpaired) electrons. The van der Waals surface area contributed by atoms with Crippen molar-refractivity contribution >= 4 is 27.3 Å². The minimum atomic E-state index is -0.381. The van der Waals surface area contributed by atoms with Gasteiger partial charge in [0.05, 0.1) is 9.40 Å². The van der Waals surface area contributed by atoms with Gasteiger partial charge in [0.1, 0.15) is 11.9 Å². The highest BCUT2D eigenvalue weighted by molar-refractivity contribution is 9.10. The van der Waals surface area contributed by atoms with Gasteiger partial charge in [-0.2, -0.15) is 0 Å². The Bertz CT molecular complexity index is 537. The molecule has 20 heavy (non-hydrogen) atoms. The zero-order chi connectivity index (χ0) is 14.3. The Morgan fingerprint density at radius 1 is 1.45 bits per heavy atom. The maximum Gasteiger partial charge on any atom is 0.311 e. The van der Waals surface area contributed by atoms with E-state index in [1.807, 2.05) is 0 Å². The van der Waals surface area contributed by atoms with E-state index in [4.69, 9.17) is 0 Å². The van der Waals surface area contributed by atoms with Crippen molar-refractivity contribution in [2.45, 2.75) is 38.6 Å². The second kappa shape index (κ2) is 5.31. The van der Waals surface area contributed by atoms with E-state index in [-0.39, 0.29) is 16.7 Å². The first kappa shape index (κ1) is 13.8. The number of rotatable bonds is 4. The van der Waals surface area contributed by atoms with Crippen molar-refractivity contribution in [2.75, 3.05) is 5.32 Å². The van der Waals surface area contributed by atoms with E-state index in [1.54, 1.807) is 6.20 Å². The summed E-state index contributed by atoms with van der Waals surface area (Å²) >= 11 is 3.36. The van der Waals surface area contributed by atoms with E-state index in [1.165, 1.54) is 31.9 Å². The molecule has 0 amide bonds. The number of pyridine rings is 1. The fourth-order valence-corrected chi connectivity index (χ4v) is 4.38. The van der Waals surface area contributed by atoms with E-state index < -0.39 is 0 Å². The molecule has 5 nitrogen and oxygen atoms in total. The molecule has 3 rings (SSSR count). The number of nitrogens with one attached hydrogen (secondary N) is 1. The predicted octanol–water partition coefficient (Wildman–Crippen LogP) is 3.99. The zero-order valence-electron chi connectivity index (χ0n) is 11.4. The normalized spacial score (nSPS) is 29.4. The Labute approximate surface area is 126 Å². The van der Waals surface area contributed by atoms with Gasteiger partial charge in [-0.15, -0.1) is 0 Å². The minimum absolute atomic E-state index is 0.0365. The van der Waals surface area contributed by atoms with Crippen molar-refractivity contribution in [1.82, 2.24) is 4.98 Å². The molecule has 2 aliphatic carbocycles. The molecule has 0 spiro atoms. The summed E-state index contributed by atoms with van der Waals surface area (Å²) in [6, 6.07) is 0.252. The molecule has 1 aromatic heterocycles. The molecule has 1 heterocycles. The molecule has 2 fully saturated rings. The number of hydrogen-bond acceptors (Lipinski definition) is 4. The van der Waals surface area contributed by atoms with Crippen LogP contribution in [0.2, 0.25) is 0 Å². The maximum atomic E-state index is 11.1. The number of halogens is 1. The van der Waals surface area contributed by atoms with Crippen LogP contribution < -0.4 is 5.32 Å². The lowest BCUT2D eigenvalue weighted by Gasteiger charge is -2.29. The second-order valence-corrected chi connectivity index (χ2v) is 6.90. The number of nitrogens with zero attached hydrogens (tertiary/aromatic N) is 2. The molecule has 1 aromatic rings. The monoisotopic (exact) mass is 339 g/mol. The molecule has 1 N–H and O–H groups in total. The molecule has 108 valence electrons. The van der Waals surface area contributed by atoms with Crippen LogP contribution in [0.1, 0.15) is 32.6 Å². The van der Waals surface area contributed by atoms with Crippen LogP contribution in [-0.4, -0.2) is 15.9 Å². The smallest absolute Gasteiger partial charge is 0.311 e. The third kappa shape index (κ3) is 2.41. The van der Waals surface area contributed by atoms with Crippen LogP contribution in [0.15, 0.2) is 16.9 Å². The highest BCUT2D eigenvalue weighted by atomic mass is 79.9. The first-order chi connectivity index (χ1) is 9.56. The van der Waals surface area contributed by atoms with Crippen molar-refractivity contribution in [1.29, 1.82) is 0 Å². The highest BCUT2D eigenvalue weighted by Crippen LogP contribution is 2.50. The van der Waals surface area contributed by atoms with Gasteiger partial charge in [0.25, 0.3) is 0 Å². The van der Waals surface area contributed by atoms with E-state index in [0.29, 0.717) is 16.1 Å². The molecular weight excluding hydrogens is 322 g/mol. The van der Waals surface area contributed by atoms with Gasteiger partial charge >= 0.3 is 5.69 Å². The molecule has 2 aliphatic rings. The largest absolute Gasteiger partial charge is 0.376 e. The molecule has 0 saturated heterocycles. The third-order valence-electron chi connectivity index (χ3n) is 4.88. The number of fused-ring (bicyclic) bond motifs is 2. The topological polar surface area (TPSA) is 68.1 Å². The predicted molar refractivity (Wildman–Crippen MR) is 80.6 cm³/mol. The summed E-state index contributed by atoms with van der Waals surface area (Å²) in [5, 5.41) is 14.5. The van der Waals surface area contributed by atoms with Crippen LogP contribution >= 0.6 is 15.9 Å². The molecule has 2 bridgehead atoms. The fourth-order valence-electron chi connectivity index (χ4n) is 3.95. The van der Waals surface area contributed by atoms with E-state index in [2.05, 4.69) is 33.2 Å². The number of aromatic nitrogens is 1. The molecule has 4 unspecified atom stereocenters. The minimum Gasteiger partial charge on any atom is -0.376 e. The number of anilines is 1. The van der Waals surface area contributed by atoms with Crippen LogP contribution in [0, 0.1) is 27.9 Å². The lowest BCUT2D eigenvalue weighted by Crippen LogP contribution is -2.30. The first-order valence-electron chi connectivity index (χ1n) is 7.10. The number of hydrogen-bond donors (Lipinski definition) is 1. The van der Waals surface area contributed by atoms with Crippen LogP contribution in [0.4, 0.5) is 11.4 Å². The van der Waals surface area contributed by atoms with Crippen molar-refractivity contribution < 1.29 is 4.92 Å². The average Bonchev–Trinajstić information content (AvgIpc) is 3.03. The maximum absolute atomic E-state index is 11.1. The molecule has 0 aliphatic heterocycles. The summed E-state index contributed by atoms with van der Waals surface area (Å²) in [4.78, 5) is 14.6. The Hall–Kier alpha value is -1.17. The third-order valence-corrected chi connectivity index (χ3v) is 5.48. The SMILES string of the molecule is CC(Nc1c(Br)cncc1[N+](=O)[O-])C1CC2CCC1C2. The van der Waals surface area contributed by atoms with E-state index >= 15 is 0 Å². The van der Waals surface area contributed by atoms with Gasteiger partial charge in [0.2, 0.25) is 0 Å². The summed E-state index contributed by atoms with van der Waals surface area (Å²) in [6.07, 6.45) is 8.20. The van der Waals surface area contributed by atoms with Gasteiger partial charge in [0.15, 0.2) is 0 Å². The second-order valence-electron chi connectivity index (χ2n) is 6.04. The summed E-state index contributed by atoms with van der Waals surface area (Å²) in [6.45, 7) is 2.14.